The highest BCUT2D eigenvalue weighted by Gasteiger charge is 2.12. The van der Waals surface area contributed by atoms with Crippen LogP contribution in [0.25, 0.3) is 0 Å². The van der Waals surface area contributed by atoms with Gasteiger partial charge >= 0.3 is 0 Å². The predicted molar refractivity (Wildman–Crippen MR) is 84.7 cm³/mol. The Morgan fingerprint density at radius 1 is 1.15 bits per heavy atom. The number of rotatable bonds is 4. The van der Waals surface area contributed by atoms with E-state index in [-0.39, 0.29) is 5.91 Å². The maximum absolute atomic E-state index is 12.1. The SMILES string of the molecule is NCc1ccccc1CNC(=O)c1cccc(Br)c1Cl. The molecule has 0 spiro atoms. The molecular formula is C15H14BrClN2O. The van der Waals surface area contributed by atoms with Gasteiger partial charge in [0, 0.05) is 17.6 Å². The Bertz CT molecular complexity index is 631. The largest absolute Gasteiger partial charge is 0.348 e. The predicted octanol–water partition coefficient (Wildman–Crippen LogP) is 3.49. The topological polar surface area (TPSA) is 55.1 Å². The van der Waals surface area contributed by atoms with Gasteiger partial charge < -0.3 is 11.1 Å². The standard InChI is InChI=1S/C15H14BrClN2O/c16-13-7-3-6-12(14(13)17)15(20)19-9-11-5-2-1-4-10(11)8-18/h1-7H,8-9,18H2,(H,19,20). The summed E-state index contributed by atoms with van der Waals surface area (Å²) in [6, 6.07) is 13.0. The van der Waals surface area contributed by atoms with Crippen LogP contribution in [0.3, 0.4) is 0 Å². The van der Waals surface area contributed by atoms with Gasteiger partial charge in [0.1, 0.15) is 0 Å². The van der Waals surface area contributed by atoms with Gasteiger partial charge in [0.2, 0.25) is 0 Å². The van der Waals surface area contributed by atoms with Gasteiger partial charge in [-0.1, -0.05) is 41.9 Å². The number of carbonyl (C=O) groups is 1. The van der Waals surface area contributed by atoms with Crippen molar-refractivity contribution in [1.29, 1.82) is 0 Å². The van der Waals surface area contributed by atoms with Gasteiger partial charge in [0.25, 0.3) is 5.91 Å². The van der Waals surface area contributed by atoms with Crippen LogP contribution < -0.4 is 11.1 Å². The van der Waals surface area contributed by atoms with E-state index in [0.717, 1.165) is 11.1 Å². The Morgan fingerprint density at radius 3 is 2.55 bits per heavy atom. The molecule has 0 saturated heterocycles. The molecule has 0 fully saturated rings. The fraction of sp³-hybridized carbons (Fsp3) is 0.133. The van der Waals surface area contributed by atoms with Crippen LogP contribution in [0.2, 0.25) is 5.02 Å². The zero-order valence-electron chi connectivity index (χ0n) is 10.7. The minimum Gasteiger partial charge on any atom is -0.348 e. The second-order valence-electron chi connectivity index (χ2n) is 4.26. The molecule has 3 N–H and O–H groups in total. The Labute approximate surface area is 131 Å². The number of hydrogen-bond donors (Lipinski definition) is 2. The third kappa shape index (κ3) is 3.39. The first kappa shape index (κ1) is 15.0. The molecule has 104 valence electrons. The quantitative estimate of drug-likeness (QED) is 0.884. The molecule has 0 aliphatic carbocycles. The van der Waals surface area contributed by atoms with E-state index in [4.69, 9.17) is 17.3 Å². The summed E-state index contributed by atoms with van der Waals surface area (Å²) in [6.45, 7) is 0.874. The van der Waals surface area contributed by atoms with E-state index in [9.17, 15) is 4.79 Å². The van der Waals surface area contributed by atoms with E-state index in [1.165, 1.54) is 0 Å². The van der Waals surface area contributed by atoms with E-state index in [1.807, 2.05) is 24.3 Å². The van der Waals surface area contributed by atoms with E-state index >= 15 is 0 Å². The maximum Gasteiger partial charge on any atom is 0.253 e. The lowest BCUT2D eigenvalue weighted by Gasteiger charge is -2.10. The molecule has 3 nitrogen and oxygen atoms in total. The van der Waals surface area contributed by atoms with E-state index in [0.29, 0.717) is 28.1 Å². The van der Waals surface area contributed by atoms with Crippen molar-refractivity contribution in [3.63, 3.8) is 0 Å². The van der Waals surface area contributed by atoms with E-state index in [1.54, 1.807) is 18.2 Å². The van der Waals surface area contributed by atoms with Crippen molar-refractivity contribution in [2.24, 2.45) is 5.73 Å². The number of hydrogen-bond acceptors (Lipinski definition) is 2. The van der Waals surface area contributed by atoms with Gasteiger partial charge in [0.05, 0.1) is 10.6 Å². The second kappa shape index (κ2) is 6.88. The van der Waals surface area contributed by atoms with Crippen LogP contribution in [0.15, 0.2) is 46.9 Å². The number of benzene rings is 2. The van der Waals surface area contributed by atoms with Crippen LogP contribution in [-0.4, -0.2) is 5.91 Å². The minimum absolute atomic E-state index is 0.205. The molecule has 0 aromatic heterocycles. The maximum atomic E-state index is 12.1. The molecule has 0 unspecified atom stereocenters. The Morgan fingerprint density at radius 2 is 1.85 bits per heavy atom. The molecule has 1 amide bonds. The highest BCUT2D eigenvalue weighted by molar-refractivity contribution is 9.10. The van der Waals surface area contributed by atoms with Crippen LogP contribution in [-0.2, 0) is 13.1 Å². The van der Waals surface area contributed by atoms with Gasteiger partial charge in [0.15, 0.2) is 0 Å². The van der Waals surface area contributed by atoms with Gasteiger partial charge in [-0.2, -0.15) is 0 Å². The lowest BCUT2D eigenvalue weighted by Crippen LogP contribution is -2.24. The van der Waals surface area contributed by atoms with Crippen molar-refractivity contribution in [3.8, 4) is 0 Å². The average molecular weight is 354 g/mol. The summed E-state index contributed by atoms with van der Waals surface area (Å²) in [5.74, 6) is -0.205. The van der Waals surface area contributed by atoms with Gasteiger partial charge in [-0.15, -0.1) is 0 Å². The summed E-state index contributed by atoms with van der Waals surface area (Å²) in [7, 11) is 0. The second-order valence-corrected chi connectivity index (χ2v) is 5.49. The van der Waals surface area contributed by atoms with Crippen molar-refractivity contribution < 1.29 is 4.79 Å². The minimum atomic E-state index is -0.205. The lowest BCUT2D eigenvalue weighted by molar-refractivity contribution is 0.0951. The number of carbonyl (C=O) groups excluding carboxylic acids is 1. The van der Waals surface area contributed by atoms with Crippen molar-refractivity contribution in [3.05, 3.63) is 68.7 Å². The lowest BCUT2D eigenvalue weighted by atomic mass is 10.1. The fourth-order valence-corrected chi connectivity index (χ4v) is 2.46. The number of amides is 1. The van der Waals surface area contributed by atoms with E-state index in [2.05, 4.69) is 21.2 Å². The smallest absolute Gasteiger partial charge is 0.253 e. The summed E-state index contributed by atoms with van der Waals surface area (Å²) < 4.78 is 0.703. The van der Waals surface area contributed by atoms with Crippen LogP contribution in [0, 0.1) is 0 Å². The average Bonchev–Trinajstić information content (AvgIpc) is 2.48. The Kier molecular flexibility index (Phi) is 5.17. The number of halogens is 2. The van der Waals surface area contributed by atoms with Crippen molar-refractivity contribution in [2.75, 3.05) is 0 Å². The zero-order valence-corrected chi connectivity index (χ0v) is 13.0. The molecule has 0 aliphatic heterocycles. The molecule has 0 radical (unpaired) electrons. The van der Waals surface area contributed by atoms with Crippen LogP contribution >= 0.6 is 27.5 Å². The Balaban J connectivity index is 2.11. The summed E-state index contributed by atoms with van der Waals surface area (Å²) in [5, 5.41) is 3.27. The summed E-state index contributed by atoms with van der Waals surface area (Å²) in [6.07, 6.45) is 0. The summed E-state index contributed by atoms with van der Waals surface area (Å²) in [5.41, 5.74) is 8.15. The number of nitrogens with one attached hydrogen (secondary N) is 1. The number of nitrogens with two attached hydrogens (primary N) is 1. The molecule has 5 heteroatoms. The van der Waals surface area contributed by atoms with Gasteiger partial charge in [-0.3, -0.25) is 4.79 Å². The van der Waals surface area contributed by atoms with Gasteiger partial charge in [-0.25, -0.2) is 0 Å². The zero-order chi connectivity index (χ0) is 14.5. The Hall–Kier alpha value is -1.36. The van der Waals surface area contributed by atoms with E-state index < -0.39 is 0 Å². The highest BCUT2D eigenvalue weighted by Crippen LogP contribution is 2.25. The van der Waals surface area contributed by atoms with Crippen molar-refractivity contribution >= 4 is 33.4 Å². The molecule has 0 saturated carbocycles. The first-order chi connectivity index (χ1) is 9.63. The van der Waals surface area contributed by atoms with Crippen LogP contribution in [0.1, 0.15) is 21.5 Å². The molecule has 0 aliphatic rings. The molecule has 2 rings (SSSR count). The molecule has 0 bridgehead atoms. The highest BCUT2D eigenvalue weighted by atomic mass is 79.9. The third-order valence-corrected chi connectivity index (χ3v) is 4.27. The molecule has 0 atom stereocenters. The normalized spacial score (nSPS) is 10.3. The molecule has 0 heterocycles. The fourth-order valence-electron chi connectivity index (χ4n) is 1.88. The third-order valence-electron chi connectivity index (χ3n) is 2.97. The van der Waals surface area contributed by atoms with Crippen molar-refractivity contribution in [1.82, 2.24) is 5.32 Å². The first-order valence-corrected chi connectivity index (χ1v) is 7.29. The molecular weight excluding hydrogens is 340 g/mol. The summed E-state index contributed by atoms with van der Waals surface area (Å²) >= 11 is 9.41. The molecule has 2 aromatic rings. The van der Waals surface area contributed by atoms with Crippen LogP contribution in [0.4, 0.5) is 0 Å². The summed E-state index contributed by atoms with van der Waals surface area (Å²) in [4.78, 5) is 12.1. The molecule has 2 aromatic carbocycles. The van der Waals surface area contributed by atoms with Crippen LogP contribution in [0.5, 0.6) is 0 Å². The van der Waals surface area contributed by atoms with Crippen molar-refractivity contribution in [2.45, 2.75) is 13.1 Å². The monoisotopic (exact) mass is 352 g/mol. The van der Waals surface area contributed by atoms with Gasteiger partial charge in [-0.05, 0) is 39.2 Å². The first-order valence-electron chi connectivity index (χ1n) is 6.12. The molecule has 20 heavy (non-hydrogen) atoms.